The highest BCUT2D eigenvalue weighted by Gasteiger charge is 2.27. The summed E-state index contributed by atoms with van der Waals surface area (Å²) in [5, 5.41) is 0. The van der Waals surface area contributed by atoms with Gasteiger partial charge < -0.3 is 15.4 Å². The molecule has 2 N–H and O–H groups in total. The maximum absolute atomic E-state index is 12.1. The minimum atomic E-state index is -0.485. The summed E-state index contributed by atoms with van der Waals surface area (Å²) in [5.41, 5.74) is 6.93. The number of piperidine rings is 1. The molecule has 1 amide bonds. The van der Waals surface area contributed by atoms with E-state index in [2.05, 4.69) is 24.3 Å². The van der Waals surface area contributed by atoms with Gasteiger partial charge in [0.2, 0.25) is 0 Å². The largest absolute Gasteiger partial charge is 0.370 e. The van der Waals surface area contributed by atoms with Gasteiger partial charge >= 0.3 is 0 Å². The quantitative estimate of drug-likeness (QED) is 0.885. The molecular weight excluding hydrogens is 252 g/mol. The van der Waals surface area contributed by atoms with Gasteiger partial charge in [-0.25, -0.2) is 0 Å². The molecule has 4 nitrogen and oxygen atoms in total. The molecule has 0 radical (unpaired) electrons. The lowest BCUT2D eigenvalue weighted by Crippen LogP contribution is -2.47. The molecule has 1 aliphatic rings. The SMILES string of the molecule is COC(CN)C(=O)N1CCC(Cc2ccccc2)CC1. The predicted octanol–water partition coefficient (Wildman–Crippen LogP) is 1.44. The Kier molecular flexibility index (Phi) is 5.56. The van der Waals surface area contributed by atoms with Crippen LogP contribution in [0.2, 0.25) is 0 Å². The second kappa shape index (κ2) is 7.41. The van der Waals surface area contributed by atoms with Crippen LogP contribution in [0, 0.1) is 5.92 Å². The monoisotopic (exact) mass is 276 g/mol. The van der Waals surface area contributed by atoms with Crippen molar-refractivity contribution in [2.24, 2.45) is 11.7 Å². The Balaban J connectivity index is 1.82. The first kappa shape index (κ1) is 15.0. The number of benzene rings is 1. The van der Waals surface area contributed by atoms with E-state index in [0.29, 0.717) is 5.92 Å². The lowest BCUT2D eigenvalue weighted by atomic mass is 9.90. The normalized spacial score (nSPS) is 18.0. The third-order valence-corrected chi connectivity index (χ3v) is 4.07. The molecule has 2 rings (SSSR count). The van der Waals surface area contributed by atoms with E-state index in [9.17, 15) is 4.79 Å². The first-order valence-corrected chi connectivity index (χ1v) is 7.30. The number of nitrogens with zero attached hydrogens (tertiary/aromatic N) is 1. The molecule has 0 aliphatic carbocycles. The minimum absolute atomic E-state index is 0.0353. The fourth-order valence-corrected chi connectivity index (χ4v) is 2.81. The first-order valence-electron chi connectivity index (χ1n) is 7.30. The summed E-state index contributed by atoms with van der Waals surface area (Å²) in [7, 11) is 1.54. The molecule has 0 saturated carbocycles. The maximum atomic E-state index is 12.1. The zero-order chi connectivity index (χ0) is 14.4. The van der Waals surface area contributed by atoms with E-state index >= 15 is 0 Å². The van der Waals surface area contributed by atoms with Gasteiger partial charge in [0.1, 0.15) is 6.10 Å². The summed E-state index contributed by atoms with van der Waals surface area (Å²) in [5.74, 6) is 0.702. The molecule has 0 bridgehead atoms. The third kappa shape index (κ3) is 3.81. The van der Waals surface area contributed by atoms with Gasteiger partial charge in [-0.05, 0) is 30.7 Å². The summed E-state index contributed by atoms with van der Waals surface area (Å²) in [6.07, 6.45) is 2.73. The minimum Gasteiger partial charge on any atom is -0.370 e. The smallest absolute Gasteiger partial charge is 0.253 e. The van der Waals surface area contributed by atoms with Crippen molar-refractivity contribution in [1.29, 1.82) is 0 Å². The number of amides is 1. The van der Waals surface area contributed by atoms with Crippen LogP contribution in [0.4, 0.5) is 0 Å². The average Bonchev–Trinajstić information content (AvgIpc) is 2.50. The van der Waals surface area contributed by atoms with E-state index in [1.54, 1.807) is 0 Å². The van der Waals surface area contributed by atoms with E-state index in [0.717, 1.165) is 32.4 Å². The van der Waals surface area contributed by atoms with Crippen molar-refractivity contribution in [2.75, 3.05) is 26.7 Å². The van der Waals surface area contributed by atoms with Crippen molar-refractivity contribution < 1.29 is 9.53 Å². The zero-order valence-corrected chi connectivity index (χ0v) is 12.1. The summed E-state index contributed by atoms with van der Waals surface area (Å²) in [6, 6.07) is 10.6. The van der Waals surface area contributed by atoms with E-state index in [-0.39, 0.29) is 12.5 Å². The number of hydrogen-bond donors (Lipinski definition) is 1. The molecule has 20 heavy (non-hydrogen) atoms. The number of ether oxygens (including phenoxy) is 1. The Labute approximate surface area is 120 Å². The molecule has 1 fully saturated rings. The second-order valence-corrected chi connectivity index (χ2v) is 5.42. The van der Waals surface area contributed by atoms with Gasteiger partial charge in [-0.3, -0.25) is 4.79 Å². The second-order valence-electron chi connectivity index (χ2n) is 5.42. The highest BCUT2D eigenvalue weighted by Crippen LogP contribution is 2.22. The molecule has 0 aromatic heterocycles. The van der Waals surface area contributed by atoms with Crippen molar-refractivity contribution in [3.8, 4) is 0 Å². The number of likely N-dealkylation sites (tertiary alicyclic amines) is 1. The van der Waals surface area contributed by atoms with Gasteiger partial charge in [0.15, 0.2) is 0 Å². The summed E-state index contributed by atoms with van der Waals surface area (Å²) < 4.78 is 5.12. The van der Waals surface area contributed by atoms with Crippen LogP contribution in [0.1, 0.15) is 18.4 Å². The summed E-state index contributed by atoms with van der Waals surface area (Å²) in [4.78, 5) is 14.0. The van der Waals surface area contributed by atoms with Crippen molar-refractivity contribution in [2.45, 2.75) is 25.4 Å². The molecule has 110 valence electrons. The number of carbonyl (C=O) groups is 1. The fraction of sp³-hybridized carbons (Fsp3) is 0.562. The maximum Gasteiger partial charge on any atom is 0.253 e. The summed E-state index contributed by atoms with van der Waals surface area (Å²) in [6.45, 7) is 1.88. The number of carbonyl (C=O) groups excluding carboxylic acids is 1. The number of hydrogen-bond acceptors (Lipinski definition) is 3. The fourth-order valence-electron chi connectivity index (χ4n) is 2.81. The molecule has 1 saturated heterocycles. The van der Waals surface area contributed by atoms with Gasteiger partial charge in [0, 0.05) is 26.7 Å². The molecule has 1 aromatic rings. The van der Waals surface area contributed by atoms with E-state index in [1.807, 2.05) is 11.0 Å². The Hall–Kier alpha value is -1.39. The average molecular weight is 276 g/mol. The number of methoxy groups -OCH3 is 1. The molecular formula is C16H24N2O2. The predicted molar refractivity (Wildman–Crippen MR) is 79.3 cm³/mol. The van der Waals surface area contributed by atoms with Gasteiger partial charge in [-0.15, -0.1) is 0 Å². The zero-order valence-electron chi connectivity index (χ0n) is 12.1. The van der Waals surface area contributed by atoms with Crippen molar-refractivity contribution >= 4 is 5.91 Å². The molecule has 4 heteroatoms. The Bertz CT molecular complexity index is 410. The van der Waals surface area contributed by atoms with Crippen LogP contribution in [0.25, 0.3) is 0 Å². The molecule has 1 aliphatic heterocycles. The van der Waals surface area contributed by atoms with Crippen LogP contribution in [0.5, 0.6) is 0 Å². The van der Waals surface area contributed by atoms with Crippen molar-refractivity contribution in [1.82, 2.24) is 4.90 Å². The summed E-state index contributed by atoms with van der Waals surface area (Å²) >= 11 is 0. The number of nitrogens with two attached hydrogens (primary N) is 1. The van der Waals surface area contributed by atoms with Gasteiger partial charge in [-0.2, -0.15) is 0 Å². The highest BCUT2D eigenvalue weighted by atomic mass is 16.5. The van der Waals surface area contributed by atoms with Crippen LogP contribution in [0.3, 0.4) is 0 Å². The topological polar surface area (TPSA) is 55.6 Å². The Morgan fingerprint density at radius 3 is 2.55 bits per heavy atom. The number of rotatable bonds is 5. The highest BCUT2D eigenvalue weighted by molar-refractivity contribution is 5.81. The van der Waals surface area contributed by atoms with Crippen LogP contribution >= 0.6 is 0 Å². The molecule has 1 aromatic carbocycles. The molecule has 1 atom stereocenters. The van der Waals surface area contributed by atoms with Crippen LogP contribution in [0.15, 0.2) is 30.3 Å². The van der Waals surface area contributed by atoms with Crippen LogP contribution in [-0.2, 0) is 16.0 Å². The molecule has 0 spiro atoms. The van der Waals surface area contributed by atoms with Crippen molar-refractivity contribution in [3.63, 3.8) is 0 Å². The lowest BCUT2D eigenvalue weighted by Gasteiger charge is -2.33. The van der Waals surface area contributed by atoms with Crippen molar-refractivity contribution in [3.05, 3.63) is 35.9 Å². The van der Waals surface area contributed by atoms with Gasteiger partial charge in [-0.1, -0.05) is 30.3 Å². The van der Waals surface area contributed by atoms with E-state index in [4.69, 9.17) is 10.5 Å². The Morgan fingerprint density at radius 2 is 2.00 bits per heavy atom. The Morgan fingerprint density at radius 1 is 1.35 bits per heavy atom. The lowest BCUT2D eigenvalue weighted by molar-refractivity contribution is -0.142. The van der Waals surface area contributed by atoms with Gasteiger partial charge in [0.05, 0.1) is 0 Å². The van der Waals surface area contributed by atoms with E-state index in [1.165, 1.54) is 12.7 Å². The standard InChI is InChI=1S/C16H24N2O2/c1-20-15(12-17)16(19)18-9-7-14(8-10-18)11-13-5-3-2-4-6-13/h2-6,14-15H,7-12,17H2,1H3. The van der Waals surface area contributed by atoms with Gasteiger partial charge in [0.25, 0.3) is 5.91 Å². The van der Waals surface area contributed by atoms with E-state index < -0.39 is 6.10 Å². The van der Waals surface area contributed by atoms with Crippen LogP contribution < -0.4 is 5.73 Å². The molecule has 1 heterocycles. The molecule has 1 unspecified atom stereocenters. The third-order valence-electron chi connectivity index (χ3n) is 4.07. The first-order chi connectivity index (χ1) is 9.74. The van der Waals surface area contributed by atoms with Crippen LogP contribution in [-0.4, -0.2) is 43.7 Å².